The zero-order valence-corrected chi connectivity index (χ0v) is 11.4. The smallest absolute Gasteiger partial charge is 0.230 e. The van der Waals surface area contributed by atoms with E-state index in [1.807, 2.05) is 6.92 Å². The van der Waals surface area contributed by atoms with Crippen LogP contribution < -0.4 is 0 Å². The van der Waals surface area contributed by atoms with Crippen molar-refractivity contribution in [1.29, 1.82) is 0 Å². The average Bonchev–Trinajstić information content (AvgIpc) is 2.75. The first-order valence-corrected chi connectivity index (χ1v) is 6.93. The van der Waals surface area contributed by atoms with Gasteiger partial charge >= 0.3 is 0 Å². The van der Waals surface area contributed by atoms with Gasteiger partial charge in [-0.15, -0.1) is 0 Å². The summed E-state index contributed by atoms with van der Waals surface area (Å²) in [6.45, 7) is 3.53. The Morgan fingerprint density at radius 1 is 1.22 bits per heavy atom. The van der Waals surface area contributed by atoms with E-state index >= 15 is 0 Å². The standard InChI is InChI=1S/C14H23NO3/c1-3-13(2,10-16)15-11(17)8-14(9-12(15)18)6-4-5-7-14/h16H,3-10H2,1-2H3. The fourth-order valence-corrected chi connectivity index (χ4v) is 3.42. The van der Waals surface area contributed by atoms with Crippen LogP contribution >= 0.6 is 0 Å². The Bertz CT molecular complexity index is 334. The van der Waals surface area contributed by atoms with Crippen LogP contribution in [0.1, 0.15) is 58.8 Å². The van der Waals surface area contributed by atoms with E-state index in [0.29, 0.717) is 19.3 Å². The molecule has 4 nitrogen and oxygen atoms in total. The molecule has 102 valence electrons. The minimum atomic E-state index is -0.728. The van der Waals surface area contributed by atoms with E-state index < -0.39 is 5.54 Å². The van der Waals surface area contributed by atoms with Crippen molar-refractivity contribution in [3.05, 3.63) is 0 Å². The van der Waals surface area contributed by atoms with Crippen molar-refractivity contribution >= 4 is 11.8 Å². The van der Waals surface area contributed by atoms with Gasteiger partial charge in [-0.3, -0.25) is 14.5 Å². The molecule has 0 aromatic rings. The normalized spacial score (nSPS) is 26.7. The van der Waals surface area contributed by atoms with Crippen molar-refractivity contribution < 1.29 is 14.7 Å². The van der Waals surface area contributed by atoms with E-state index in [0.717, 1.165) is 25.7 Å². The highest BCUT2D eigenvalue weighted by atomic mass is 16.3. The quantitative estimate of drug-likeness (QED) is 0.781. The molecule has 18 heavy (non-hydrogen) atoms. The molecule has 1 spiro atoms. The predicted molar refractivity (Wildman–Crippen MR) is 67.8 cm³/mol. The number of likely N-dealkylation sites (tertiary alicyclic amines) is 1. The van der Waals surface area contributed by atoms with Crippen LogP contribution in [0.2, 0.25) is 0 Å². The molecule has 4 heteroatoms. The van der Waals surface area contributed by atoms with Crippen LogP contribution in [0.4, 0.5) is 0 Å². The van der Waals surface area contributed by atoms with E-state index in [4.69, 9.17) is 0 Å². The van der Waals surface area contributed by atoms with Crippen molar-refractivity contribution in [3.63, 3.8) is 0 Å². The van der Waals surface area contributed by atoms with Gasteiger partial charge in [0.25, 0.3) is 0 Å². The van der Waals surface area contributed by atoms with Crippen molar-refractivity contribution in [2.45, 2.75) is 64.3 Å². The molecule has 1 heterocycles. The Labute approximate surface area is 108 Å². The summed E-state index contributed by atoms with van der Waals surface area (Å²) in [5.41, 5.74) is -0.789. The second-order valence-corrected chi connectivity index (χ2v) is 6.19. The van der Waals surface area contributed by atoms with Crippen LogP contribution in [0.25, 0.3) is 0 Å². The molecule has 2 amide bonds. The van der Waals surface area contributed by atoms with E-state index in [1.54, 1.807) is 6.92 Å². The van der Waals surface area contributed by atoms with Crippen molar-refractivity contribution in [1.82, 2.24) is 4.90 Å². The monoisotopic (exact) mass is 253 g/mol. The number of aliphatic hydroxyl groups excluding tert-OH is 1. The number of rotatable bonds is 3. The van der Waals surface area contributed by atoms with Gasteiger partial charge in [0.1, 0.15) is 0 Å². The molecule has 2 rings (SSSR count). The first kappa shape index (κ1) is 13.5. The van der Waals surface area contributed by atoms with Crippen molar-refractivity contribution in [3.8, 4) is 0 Å². The molecule has 1 unspecified atom stereocenters. The maximum Gasteiger partial charge on any atom is 0.230 e. The molecule has 2 fully saturated rings. The van der Waals surface area contributed by atoms with Gasteiger partial charge in [-0.1, -0.05) is 19.8 Å². The third-order valence-electron chi connectivity index (χ3n) is 4.86. The molecule has 1 atom stereocenters. The predicted octanol–water partition coefficient (Wildman–Crippen LogP) is 1.86. The van der Waals surface area contributed by atoms with Gasteiger partial charge < -0.3 is 5.11 Å². The van der Waals surface area contributed by atoms with Crippen molar-refractivity contribution in [2.75, 3.05) is 6.61 Å². The summed E-state index contributed by atoms with van der Waals surface area (Å²) < 4.78 is 0. The Balaban J connectivity index is 2.21. The molecule has 2 aliphatic rings. The van der Waals surface area contributed by atoms with Gasteiger partial charge in [-0.25, -0.2) is 0 Å². The lowest BCUT2D eigenvalue weighted by atomic mass is 9.75. The van der Waals surface area contributed by atoms with Crippen LogP contribution in [-0.4, -0.2) is 34.0 Å². The zero-order chi connectivity index (χ0) is 13.4. The summed E-state index contributed by atoms with van der Waals surface area (Å²) in [4.78, 5) is 26.0. The van der Waals surface area contributed by atoms with Gasteiger partial charge in [-0.2, -0.15) is 0 Å². The third kappa shape index (κ3) is 2.07. The van der Waals surface area contributed by atoms with E-state index in [9.17, 15) is 14.7 Å². The van der Waals surface area contributed by atoms with E-state index in [-0.39, 0.29) is 23.8 Å². The molecule has 0 aromatic carbocycles. The number of carbonyl (C=O) groups is 2. The Morgan fingerprint density at radius 2 is 1.72 bits per heavy atom. The maximum atomic E-state index is 12.3. The summed E-state index contributed by atoms with van der Waals surface area (Å²) in [5, 5.41) is 9.48. The second-order valence-electron chi connectivity index (χ2n) is 6.19. The van der Waals surface area contributed by atoms with E-state index in [2.05, 4.69) is 0 Å². The minimum absolute atomic E-state index is 0.0607. The van der Waals surface area contributed by atoms with E-state index in [1.165, 1.54) is 4.90 Å². The van der Waals surface area contributed by atoms with Crippen LogP contribution in [-0.2, 0) is 9.59 Å². The number of hydrogen-bond acceptors (Lipinski definition) is 3. The number of nitrogens with zero attached hydrogens (tertiary/aromatic N) is 1. The number of amides is 2. The summed E-state index contributed by atoms with van der Waals surface area (Å²) in [7, 11) is 0. The SMILES string of the molecule is CCC(C)(CO)N1C(=O)CC2(CCCC2)CC1=O. The lowest BCUT2D eigenvalue weighted by Crippen LogP contribution is -2.59. The van der Waals surface area contributed by atoms with Gasteiger partial charge in [-0.05, 0) is 31.6 Å². The van der Waals surface area contributed by atoms with Gasteiger partial charge in [0.15, 0.2) is 0 Å². The molecular weight excluding hydrogens is 230 g/mol. The number of aliphatic hydroxyl groups is 1. The molecule has 1 aliphatic heterocycles. The summed E-state index contributed by atoms with van der Waals surface area (Å²) in [6.07, 6.45) is 5.81. The van der Waals surface area contributed by atoms with Crippen LogP contribution in [0.3, 0.4) is 0 Å². The maximum absolute atomic E-state index is 12.3. The lowest BCUT2D eigenvalue weighted by Gasteiger charge is -2.45. The molecule has 1 N–H and O–H groups in total. The highest BCUT2D eigenvalue weighted by Gasteiger charge is 2.49. The molecule has 1 saturated heterocycles. The molecule has 1 saturated carbocycles. The summed E-state index contributed by atoms with van der Waals surface area (Å²) in [5.74, 6) is -0.182. The number of piperidine rings is 1. The van der Waals surface area contributed by atoms with Gasteiger partial charge in [0.05, 0.1) is 12.1 Å². The van der Waals surface area contributed by atoms with Gasteiger partial charge in [0, 0.05) is 12.8 Å². The van der Waals surface area contributed by atoms with Crippen LogP contribution in [0, 0.1) is 5.41 Å². The highest BCUT2D eigenvalue weighted by Crippen LogP contribution is 2.48. The highest BCUT2D eigenvalue weighted by molar-refractivity contribution is 5.99. The first-order chi connectivity index (χ1) is 8.46. The van der Waals surface area contributed by atoms with Gasteiger partial charge in [0.2, 0.25) is 11.8 Å². The zero-order valence-electron chi connectivity index (χ0n) is 11.4. The number of carbonyl (C=O) groups excluding carboxylic acids is 2. The second kappa shape index (κ2) is 4.65. The largest absolute Gasteiger partial charge is 0.394 e. The first-order valence-electron chi connectivity index (χ1n) is 6.93. The number of imide groups is 1. The molecule has 0 bridgehead atoms. The Kier molecular flexibility index (Phi) is 3.49. The molecule has 0 radical (unpaired) electrons. The fourth-order valence-electron chi connectivity index (χ4n) is 3.42. The Hall–Kier alpha value is -0.900. The molecule has 1 aliphatic carbocycles. The van der Waals surface area contributed by atoms with Crippen molar-refractivity contribution in [2.24, 2.45) is 5.41 Å². The number of hydrogen-bond donors (Lipinski definition) is 1. The lowest BCUT2D eigenvalue weighted by molar-refractivity contribution is -0.162. The summed E-state index contributed by atoms with van der Waals surface area (Å²) >= 11 is 0. The Morgan fingerprint density at radius 3 is 2.11 bits per heavy atom. The van der Waals surface area contributed by atoms with Crippen LogP contribution in [0.5, 0.6) is 0 Å². The third-order valence-corrected chi connectivity index (χ3v) is 4.86. The fraction of sp³-hybridized carbons (Fsp3) is 0.857. The molecule has 0 aromatic heterocycles. The average molecular weight is 253 g/mol. The topological polar surface area (TPSA) is 57.6 Å². The molecular formula is C14H23NO3. The van der Waals surface area contributed by atoms with Crippen LogP contribution in [0.15, 0.2) is 0 Å². The summed E-state index contributed by atoms with van der Waals surface area (Å²) in [6, 6.07) is 0. The minimum Gasteiger partial charge on any atom is -0.394 e.